The maximum Gasteiger partial charge on any atom is 0.140 e. The zero-order valence-corrected chi connectivity index (χ0v) is 12.2. The Morgan fingerprint density at radius 2 is 2.05 bits per heavy atom. The molecule has 0 N–H and O–H groups in total. The van der Waals surface area contributed by atoms with Gasteiger partial charge in [0.05, 0.1) is 5.39 Å². The van der Waals surface area contributed by atoms with Gasteiger partial charge in [-0.3, -0.25) is 0 Å². The lowest BCUT2D eigenvalue weighted by Crippen LogP contribution is -2.55. The van der Waals surface area contributed by atoms with Crippen molar-refractivity contribution in [1.82, 2.24) is 9.97 Å². The fourth-order valence-electron chi connectivity index (χ4n) is 3.67. The first kappa shape index (κ1) is 11.6. The van der Waals surface area contributed by atoms with E-state index in [1.807, 2.05) is 11.3 Å². The second-order valence-electron chi connectivity index (χ2n) is 6.05. The van der Waals surface area contributed by atoms with Crippen LogP contribution in [0, 0.1) is 5.41 Å². The Hall–Kier alpha value is -1.16. The van der Waals surface area contributed by atoms with Gasteiger partial charge in [0.2, 0.25) is 0 Å². The lowest BCUT2D eigenvalue weighted by molar-refractivity contribution is 0.221. The fraction of sp³-hybridized carbons (Fsp3) is 0.600. The summed E-state index contributed by atoms with van der Waals surface area (Å²) >= 11 is 1.81. The molecule has 1 aliphatic heterocycles. The molecule has 2 aliphatic rings. The molecular weight excluding hydrogens is 254 g/mol. The van der Waals surface area contributed by atoms with Crippen LogP contribution in [0.15, 0.2) is 12.4 Å². The number of hydrogen-bond donors (Lipinski definition) is 0. The molecule has 100 valence electrons. The van der Waals surface area contributed by atoms with Crippen molar-refractivity contribution in [2.75, 3.05) is 18.0 Å². The van der Waals surface area contributed by atoms with Gasteiger partial charge in [0.1, 0.15) is 17.0 Å². The van der Waals surface area contributed by atoms with E-state index in [1.54, 1.807) is 6.33 Å². The lowest BCUT2D eigenvalue weighted by atomic mass is 9.78. The van der Waals surface area contributed by atoms with E-state index in [0.717, 1.165) is 11.3 Å². The number of nitrogens with zero attached hydrogens (tertiary/aromatic N) is 3. The van der Waals surface area contributed by atoms with E-state index < -0.39 is 0 Å². The van der Waals surface area contributed by atoms with Crippen LogP contribution >= 0.6 is 11.3 Å². The van der Waals surface area contributed by atoms with Crippen LogP contribution in [0.3, 0.4) is 0 Å². The van der Waals surface area contributed by atoms with Crippen molar-refractivity contribution >= 4 is 27.4 Å². The third kappa shape index (κ3) is 1.76. The van der Waals surface area contributed by atoms with E-state index in [9.17, 15) is 0 Å². The van der Waals surface area contributed by atoms with E-state index >= 15 is 0 Å². The van der Waals surface area contributed by atoms with Crippen molar-refractivity contribution in [3.8, 4) is 0 Å². The molecule has 4 rings (SSSR count). The Morgan fingerprint density at radius 3 is 2.79 bits per heavy atom. The molecule has 2 fully saturated rings. The maximum absolute atomic E-state index is 4.55. The Morgan fingerprint density at radius 1 is 1.26 bits per heavy atom. The number of fused-ring (bicyclic) bond motifs is 1. The molecule has 0 radical (unpaired) electrons. The normalized spacial score (nSPS) is 21.2. The van der Waals surface area contributed by atoms with Gasteiger partial charge >= 0.3 is 0 Å². The molecule has 2 aromatic rings. The molecule has 3 nitrogen and oxygen atoms in total. The zero-order valence-electron chi connectivity index (χ0n) is 11.4. The summed E-state index contributed by atoms with van der Waals surface area (Å²) in [5, 5.41) is 1.26. The third-order valence-electron chi connectivity index (χ3n) is 4.72. The van der Waals surface area contributed by atoms with Gasteiger partial charge in [0.15, 0.2) is 0 Å². The highest BCUT2D eigenvalue weighted by molar-refractivity contribution is 7.18. The van der Waals surface area contributed by atoms with Crippen LogP contribution in [-0.4, -0.2) is 23.1 Å². The van der Waals surface area contributed by atoms with Crippen molar-refractivity contribution in [2.24, 2.45) is 5.41 Å². The average Bonchev–Trinajstić information content (AvgIpc) is 3.02. The lowest BCUT2D eigenvalue weighted by Gasteiger charge is -2.49. The summed E-state index contributed by atoms with van der Waals surface area (Å²) in [5.41, 5.74) is 0.626. The summed E-state index contributed by atoms with van der Waals surface area (Å²) in [6.07, 6.45) is 8.50. The fourth-order valence-corrected chi connectivity index (χ4v) is 4.60. The molecule has 1 saturated carbocycles. The number of thiophene rings is 1. The van der Waals surface area contributed by atoms with Crippen LogP contribution in [0.2, 0.25) is 0 Å². The van der Waals surface area contributed by atoms with Gasteiger partial charge in [0, 0.05) is 23.4 Å². The average molecular weight is 273 g/mol. The third-order valence-corrected chi connectivity index (χ3v) is 5.91. The standard InChI is InChI=1S/C15H19N3S/c1-2-11-7-12-13(16-10-17-14(12)19-11)18-8-15(9-18)5-3-4-6-15/h7,10H,2-6,8-9H2,1H3. The van der Waals surface area contributed by atoms with Crippen LogP contribution in [0.1, 0.15) is 37.5 Å². The quantitative estimate of drug-likeness (QED) is 0.836. The SMILES string of the molecule is CCc1cc2c(N3CC4(CCCC4)C3)ncnc2s1. The molecule has 2 aromatic heterocycles. The Balaban J connectivity index is 1.66. The number of hydrogen-bond acceptors (Lipinski definition) is 4. The summed E-state index contributed by atoms with van der Waals surface area (Å²) < 4.78 is 0. The van der Waals surface area contributed by atoms with E-state index in [-0.39, 0.29) is 0 Å². The van der Waals surface area contributed by atoms with Gasteiger partial charge < -0.3 is 4.90 Å². The predicted molar refractivity (Wildman–Crippen MR) is 79.9 cm³/mol. The molecule has 1 saturated heterocycles. The van der Waals surface area contributed by atoms with Crippen LogP contribution < -0.4 is 4.90 Å². The molecule has 0 atom stereocenters. The molecule has 0 unspecified atom stereocenters. The molecule has 3 heterocycles. The minimum atomic E-state index is 0.626. The molecule has 4 heteroatoms. The van der Waals surface area contributed by atoms with Crippen LogP contribution in [0.25, 0.3) is 10.2 Å². The van der Waals surface area contributed by atoms with Crippen molar-refractivity contribution in [3.05, 3.63) is 17.3 Å². The number of anilines is 1. The predicted octanol–water partition coefficient (Wildman–Crippen LogP) is 3.63. The molecule has 19 heavy (non-hydrogen) atoms. The van der Waals surface area contributed by atoms with Gasteiger partial charge in [-0.05, 0) is 25.3 Å². The monoisotopic (exact) mass is 273 g/mol. The maximum atomic E-state index is 4.55. The van der Waals surface area contributed by atoms with Crippen molar-refractivity contribution in [2.45, 2.75) is 39.0 Å². The second kappa shape index (κ2) is 4.17. The van der Waals surface area contributed by atoms with Gasteiger partial charge in [-0.15, -0.1) is 11.3 Å². The Labute approximate surface area is 117 Å². The second-order valence-corrected chi connectivity index (χ2v) is 7.16. The van der Waals surface area contributed by atoms with E-state index in [1.165, 1.54) is 54.9 Å². The van der Waals surface area contributed by atoms with Gasteiger partial charge in [-0.1, -0.05) is 19.8 Å². The molecular formula is C15H19N3S. The van der Waals surface area contributed by atoms with Gasteiger partial charge in [-0.2, -0.15) is 0 Å². The smallest absolute Gasteiger partial charge is 0.140 e. The highest BCUT2D eigenvalue weighted by Crippen LogP contribution is 2.47. The highest BCUT2D eigenvalue weighted by atomic mass is 32.1. The molecule has 1 aliphatic carbocycles. The first-order valence-corrected chi connectivity index (χ1v) is 8.10. The number of rotatable bonds is 2. The van der Waals surface area contributed by atoms with Gasteiger partial charge in [-0.25, -0.2) is 9.97 Å². The topological polar surface area (TPSA) is 29.0 Å². The van der Waals surface area contributed by atoms with Crippen LogP contribution in [0.5, 0.6) is 0 Å². The molecule has 0 bridgehead atoms. The first-order valence-electron chi connectivity index (χ1n) is 7.28. The summed E-state index contributed by atoms with van der Waals surface area (Å²) in [6.45, 7) is 4.61. The van der Waals surface area contributed by atoms with Crippen molar-refractivity contribution in [1.29, 1.82) is 0 Å². The van der Waals surface area contributed by atoms with Crippen molar-refractivity contribution < 1.29 is 0 Å². The van der Waals surface area contributed by atoms with Crippen molar-refractivity contribution in [3.63, 3.8) is 0 Å². The van der Waals surface area contributed by atoms with Crippen LogP contribution in [-0.2, 0) is 6.42 Å². The zero-order chi connectivity index (χ0) is 12.9. The minimum Gasteiger partial charge on any atom is -0.355 e. The summed E-state index contributed by atoms with van der Waals surface area (Å²) in [7, 11) is 0. The highest BCUT2D eigenvalue weighted by Gasteiger charge is 2.45. The van der Waals surface area contributed by atoms with E-state index in [0.29, 0.717) is 5.41 Å². The van der Waals surface area contributed by atoms with E-state index in [4.69, 9.17) is 0 Å². The van der Waals surface area contributed by atoms with Gasteiger partial charge in [0.25, 0.3) is 0 Å². The number of aryl methyl sites for hydroxylation is 1. The Bertz CT molecular complexity index is 605. The molecule has 0 amide bonds. The molecule has 0 aromatic carbocycles. The summed E-state index contributed by atoms with van der Waals surface area (Å²) in [5.74, 6) is 1.17. The first-order chi connectivity index (χ1) is 9.30. The van der Waals surface area contributed by atoms with E-state index in [2.05, 4.69) is 27.9 Å². The van der Waals surface area contributed by atoms with Crippen LogP contribution in [0.4, 0.5) is 5.82 Å². The summed E-state index contributed by atoms with van der Waals surface area (Å²) in [4.78, 5) is 14.0. The molecule has 1 spiro atoms. The number of aromatic nitrogens is 2. The minimum absolute atomic E-state index is 0.626. The largest absolute Gasteiger partial charge is 0.355 e. The Kier molecular flexibility index (Phi) is 2.56. The summed E-state index contributed by atoms with van der Waals surface area (Å²) in [6, 6.07) is 2.29.